The molecule has 1 aromatic carbocycles. The summed E-state index contributed by atoms with van der Waals surface area (Å²) in [7, 11) is 2.90. The molecule has 1 N–H and O–H groups in total. The van der Waals surface area contributed by atoms with Gasteiger partial charge in [0.05, 0.1) is 12.9 Å². The summed E-state index contributed by atoms with van der Waals surface area (Å²) in [4.78, 5) is 0. The lowest BCUT2D eigenvalue weighted by molar-refractivity contribution is 0.401. The molecule has 0 aliphatic heterocycles. The number of phenols is 1. The highest BCUT2D eigenvalue weighted by Crippen LogP contribution is 2.31. The van der Waals surface area contributed by atoms with E-state index in [4.69, 9.17) is 15.4 Å². The van der Waals surface area contributed by atoms with E-state index >= 15 is 0 Å². The standard InChI is InChI=1S/C9H11ClO4S/c1-6-8(14-2)4-3-7(9(6)11)5-15(10,12)13/h3-4,11H,5H2,1-2H3. The topological polar surface area (TPSA) is 63.6 Å². The number of ether oxygens (including phenoxy) is 1. The number of hydrogen-bond donors (Lipinski definition) is 1. The lowest BCUT2D eigenvalue weighted by Gasteiger charge is -2.09. The molecule has 0 saturated heterocycles. The van der Waals surface area contributed by atoms with Crippen LogP contribution in [0.15, 0.2) is 12.1 Å². The maximum Gasteiger partial charge on any atom is 0.236 e. The summed E-state index contributed by atoms with van der Waals surface area (Å²) >= 11 is 0. The second-order valence-corrected chi connectivity index (χ2v) is 5.86. The number of aromatic hydroxyl groups is 1. The normalized spacial score (nSPS) is 11.4. The molecule has 84 valence electrons. The van der Waals surface area contributed by atoms with E-state index in [1.165, 1.54) is 13.2 Å². The summed E-state index contributed by atoms with van der Waals surface area (Å²) < 4.78 is 26.7. The number of rotatable bonds is 3. The fourth-order valence-electron chi connectivity index (χ4n) is 1.26. The van der Waals surface area contributed by atoms with Gasteiger partial charge in [0.1, 0.15) is 11.5 Å². The zero-order chi connectivity index (χ0) is 11.6. The Hall–Kier alpha value is -0.940. The van der Waals surface area contributed by atoms with Crippen LogP contribution in [0.25, 0.3) is 0 Å². The Morgan fingerprint density at radius 1 is 1.47 bits per heavy atom. The van der Waals surface area contributed by atoms with E-state index in [1.807, 2.05) is 0 Å². The quantitative estimate of drug-likeness (QED) is 0.831. The van der Waals surface area contributed by atoms with Crippen LogP contribution >= 0.6 is 10.7 Å². The largest absolute Gasteiger partial charge is 0.507 e. The van der Waals surface area contributed by atoms with Crippen LogP contribution in [0.3, 0.4) is 0 Å². The first-order valence-electron chi connectivity index (χ1n) is 4.13. The van der Waals surface area contributed by atoms with Gasteiger partial charge in [0.2, 0.25) is 9.05 Å². The molecule has 0 spiro atoms. The maximum atomic E-state index is 10.8. The van der Waals surface area contributed by atoms with Gasteiger partial charge in [-0.2, -0.15) is 0 Å². The first kappa shape index (κ1) is 12.1. The Balaban J connectivity index is 3.18. The van der Waals surface area contributed by atoms with E-state index in [1.54, 1.807) is 13.0 Å². The molecule has 6 heteroatoms. The summed E-state index contributed by atoms with van der Waals surface area (Å²) in [5.41, 5.74) is 0.763. The third-order valence-corrected chi connectivity index (χ3v) is 3.00. The summed E-state index contributed by atoms with van der Waals surface area (Å²) in [6.07, 6.45) is 0. The SMILES string of the molecule is COc1ccc(CS(=O)(=O)Cl)c(O)c1C. The molecule has 0 aliphatic carbocycles. The van der Waals surface area contributed by atoms with Crippen LogP contribution < -0.4 is 4.74 Å². The highest BCUT2D eigenvalue weighted by Gasteiger charge is 2.14. The van der Waals surface area contributed by atoms with Gasteiger partial charge < -0.3 is 9.84 Å². The third kappa shape index (κ3) is 3.00. The minimum Gasteiger partial charge on any atom is -0.507 e. The molecule has 0 saturated carbocycles. The van der Waals surface area contributed by atoms with Gasteiger partial charge >= 0.3 is 0 Å². The zero-order valence-electron chi connectivity index (χ0n) is 8.32. The fraction of sp³-hybridized carbons (Fsp3) is 0.333. The van der Waals surface area contributed by atoms with E-state index < -0.39 is 14.8 Å². The summed E-state index contributed by atoms with van der Waals surface area (Å²) in [5.74, 6) is 0.00684. The molecule has 15 heavy (non-hydrogen) atoms. The first-order chi connectivity index (χ1) is 6.85. The molecule has 0 radical (unpaired) electrons. The van der Waals surface area contributed by atoms with Gasteiger partial charge in [-0.3, -0.25) is 0 Å². The Bertz CT molecular complexity index is 467. The predicted molar refractivity (Wildman–Crippen MR) is 57.9 cm³/mol. The van der Waals surface area contributed by atoms with Crippen LogP contribution in [0.4, 0.5) is 0 Å². The maximum absolute atomic E-state index is 10.8. The summed E-state index contributed by atoms with van der Waals surface area (Å²) in [6, 6.07) is 3.06. The molecule has 0 unspecified atom stereocenters. The van der Waals surface area contributed by atoms with Gasteiger partial charge in [0.25, 0.3) is 0 Å². The van der Waals surface area contributed by atoms with Crippen LogP contribution in [0.2, 0.25) is 0 Å². The molecule has 1 aromatic rings. The van der Waals surface area contributed by atoms with Crippen molar-refractivity contribution >= 4 is 19.7 Å². The smallest absolute Gasteiger partial charge is 0.236 e. The number of halogens is 1. The van der Waals surface area contributed by atoms with Crippen molar-refractivity contribution in [2.75, 3.05) is 7.11 Å². The van der Waals surface area contributed by atoms with Gasteiger partial charge in [-0.1, -0.05) is 6.07 Å². The van der Waals surface area contributed by atoms with Gasteiger partial charge in [-0.05, 0) is 13.0 Å². The van der Waals surface area contributed by atoms with Crippen molar-refractivity contribution in [3.8, 4) is 11.5 Å². The van der Waals surface area contributed by atoms with Crippen molar-refractivity contribution in [2.45, 2.75) is 12.7 Å². The number of benzene rings is 1. The number of methoxy groups -OCH3 is 1. The van der Waals surface area contributed by atoms with Crippen LogP contribution in [-0.2, 0) is 14.8 Å². The lowest BCUT2D eigenvalue weighted by Crippen LogP contribution is -1.97. The van der Waals surface area contributed by atoms with Crippen molar-refractivity contribution in [3.63, 3.8) is 0 Å². The van der Waals surface area contributed by atoms with Gasteiger partial charge in [0.15, 0.2) is 0 Å². The molecule has 0 bridgehead atoms. The average molecular weight is 251 g/mol. The van der Waals surface area contributed by atoms with E-state index in [-0.39, 0.29) is 11.3 Å². The third-order valence-electron chi connectivity index (χ3n) is 2.01. The molecule has 0 amide bonds. The van der Waals surface area contributed by atoms with Crippen LogP contribution in [-0.4, -0.2) is 20.6 Å². The molecule has 0 fully saturated rings. The van der Waals surface area contributed by atoms with E-state index in [0.717, 1.165) is 0 Å². The Labute approximate surface area is 92.9 Å². The van der Waals surface area contributed by atoms with Crippen LogP contribution in [0.1, 0.15) is 11.1 Å². The Morgan fingerprint density at radius 2 is 2.07 bits per heavy atom. The summed E-state index contributed by atoms with van der Waals surface area (Å²) in [5, 5.41) is 9.67. The zero-order valence-corrected chi connectivity index (χ0v) is 9.89. The van der Waals surface area contributed by atoms with E-state index in [9.17, 15) is 13.5 Å². The molecule has 0 atom stereocenters. The van der Waals surface area contributed by atoms with E-state index in [0.29, 0.717) is 11.3 Å². The highest BCUT2D eigenvalue weighted by atomic mass is 35.7. The average Bonchev–Trinajstić information content (AvgIpc) is 2.11. The molecule has 1 rings (SSSR count). The first-order valence-corrected chi connectivity index (χ1v) is 6.60. The number of hydrogen-bond acceptors (Lipinski definition) is 4. The molecule has 0 heterocycles. The van der Waals surface area contributed by atoms with Gasteiger partial charge in [-0.15, -0.1) is 0 Å². The fourth-order valence-corrected chi connectivity index (χ4v) is 2.22. The Morgan fingerprint density at radius 3 is 2.53 bits per heavy atom. The highest BCUT2D eigenvalue weighted by molar-refractivity contribution is 8.13. The van der Waals surface area contributed by atoms with Gasteiger partial charge in [-0.25, -0.2) is 8.42 Å². The van der Waals surface area contributed by atoms with Crippen molar-refractivity contribution in [2.24, 2.45) is 0 Å². The Kier molecular flexibility index (Phi) is 3.46. The van der Waals surface area contributed by atoms with Crippen molar-refractivity contribution in [1.29, 1.82) is 0 Å². The predicted octanol–water partition coefficient (Wildman–Crippen LogP) is 1.78. The van der Waals surface area contributed by atoms with E-state index in [2.05, 4.69) is 0 Å². The second kappa shape index (κ2) is 4.28. The molecular weight excluding hydrogens is 240 g/mol. The second-order valence-electron chi connectivity index (χ2n) is 3.08. The van der Waals surface area contributed by atoms with Crippen LogP contribution in [0, 0.1) is 6.92 Å². The number of phenolic OH excluding ortho intramolecular Hbond substituents is 1. The molecule has 4 nitrogen and oxygen atoms in total. The lowest BCUT2D eigenvalue weighted by atomic mass is 10.1. The van der Waals surface area contributed by atoms with Crippen molar-refractivity contribution in [3.05, 3.63) is 23.3 Å². The van der Waals surface area contributed by atoms with Crippen molar-refractivity contribution in [1.82, 2.24) is 0 Å². The summed E-state index contributed by atoms with van der Waals surface area (Å²) in [6.45, 7) is 1.64. The minimum absolute atomic E-state index is 0.0985. The molecular formula is C9H11ClO4S. The monoisotopic (exact) mass is 250 g/mol. The van der Waals surface area contributed by atoms with Gasteiger partial charge in [0, 0.05) is 21.8 Å². The van der Waals surface area contributed by atoms with Crippen LogP contribution in [0.5, 0.6) is 11.5 Å². The minimum atomic E-state index is -3.66. The molecule has 0 aromatic heterocycles. The molecule has 0 aliphatic rings. The van der Waals surface area contributed by atoms with Crippen molar-refractivity contribution < 1.29 is 18.3 Å².